The number of pyridine rings is 1. The van der Waals surface area contributed by atoms with Crippen LogP contribution in [0.25, 0.3) is 0 Å². The van der Waals surface area contributed by atoms with Gasteiger partial charge in [0.2, 0.25) is 5.91 Å². The number of aryl methyl sites for hydroxylation is 2. The van der Waals surface area contributed by atoms with Gasteiger partial charge in [0.15, 0.2) is 0 Å². The number of likely N-dealkylation sites (N-methyl/N-ethyl adjacent to an activating group) is 1. The Morgan fingerprint density at radius 2 is 1.76 bits per heavy atom. The van der Waals surface area contributed by atoms with Gasteiger partial charge in [-0.25, -0.2) is 0 Å². The van der Waals surface area contributed by atoms with Gasteiger partial charge in [0, 0.05) is 36.9 Å². The second kappa shape index (κ2) is 7.07. The molecular formula is C17H23N3O. The monoisotopic (exact) mass is 285 g/mol. The first-order valence-electron chi connectivity index (χ1n) is 7.41. The van der Waals surface area contributed by atoms with Gasteiger partial charge >= 0.3 is 0 Å². The molecule has 0 saturated heterocycles. The van der Waals surface area contributed by atoms with Gasteiger partial charge in [-0.05, 0) is 57.0 Å². The molecule has 0 bridgehead atoms. The molecule has 112 valence electrons. The lowest BCUT2D eigenvalue weighted by atomic mass is 10.2. The van der Waals surface area contributed by atoms with Gasteiger partial charge in [0.1, 0.15) is 6.54 Å². The minimum Gasteiger partial charge on any atom is -0.341 e. The molecule has 0 atom stereocenters. The summed E-state index contributed by atoms with van der Waals surface area (Å²) in [5.41, 5.74) is 3.47. The van der Waals surface area contributed by atoms with Crippen LogP contribution in [-0.4, -0.2) is 33.4 Å². The van der Waals surface area contributed by atoms with Crippen molar-refractivity contribution in [1.82, 2.24) is 14.5 Å². The molecule has 2 aromatic heterocycles. The number of amides is 1. The summed E-state index contributed by atoms with van der Waals surface area (Å²) >= 11 is 0. The summed E-state index contributed by atoms with van der Waals surface area (Å²) in [5.74, 6) is 0.175. The van der Waals surface area contributed by atoms with E-state index in [4.69, 9.17) is 0 Å². The Bertz CT molecular complexity index is 570. The Morgan fingerprint density at radius 1 is 1.14 bits per heavy atom. The first kappa shape index (κ1) is 15.3. The lowest BCUT2D eigenvalue weighted by Crippen LogP contribution is -2.35. The highest BCUT2D eigenvalue weighted by Gasteiger charge is 2.14. The SMILES string of the molecule is CCN(CCc1ccncc1)C(=O)Cn1c(C)ccc1C. The van der Waals surface area contributed by atoms with Crippen molar-refractivity contribution in [1.29, 1.82) is 0 Å². The predicted molar refractivity (Wildman–Crippen MR) is 84.1 cm³/mol. The van der Waals surface area contributed by atoms with Crippen LogP contribution < -0.4 is 0 Å². The van der Waals surface area contributed by atoms with E-state index < -0.39 is 0 Å². The third kappa shape index (κ3) is 3.94. The van der Waals surface area contributed by atoms with Crippen LogP contribution in [0.1, 0.15) is 23.9 Å². The summed E-state index contributed by atoms with van der Waals surface area (Å²) in [5, 5.41) is 0. The molecule has 0 aliphatic rings. The van der Waals surface area contributed by atoms with Crippen molar-refractivity contribution in [2.75, 3.05) is 13.1 Å². The van der Waals surface area contributed by atoms with Crippen molar-refractivity contribution >= 4 is 5.91 Å². The summed E-state index contributed by atoms with van der Waals surface area (Å²) in [4.78, 5) is 18.4. The molecular weight excluding hydrogens is 262 g/mol. The third-order valence-electron chi connectivity index (χ3n) is 3.86. The average molecular weight is 285 g/mol. The van der Waals surface area contributed by atoms with Gasteiger partial charge in [-0.1, -0.05) is 0 Å². The number of nitrogens with zero attached hydrogens (tertiary/aromatic N) is 3. The summed E-state index contributed by atoms with van der Waals surface area (Å²) in [6.07, 6.45) is 4.45. The maximum atomic E-state index is 12.5. The average Bonchev–Trinajstić information content (AvgIpc) is 2.81. The van der Waals surface area contributed by atoms with Crippen molar-refractivity contribution < 1.29 is 4.79 Å². The van der Waals surface area contributed by atoms with Crippen molar-refractivity contribution in [3.63, 3.8) is 0 Å². The lowest BCUT2D eigenvalue weighted by Gasteiger charge is -2.22. The standard InChI is InChI=1S/C17H23N3O/c1-4-19(12-9-16-7-10-18-11-8-16)17(21)13-20-14(2)5-6-15(20)3/h5-8,10-11H,4,9,12-13H2,1-3H3. The number of hydrogen-bond donors (Lipinski definition) is 0. The van der Waals surface area contributed by atoms with Gasteiger partial charge in [0.25, 0.3) is 0 Å². The molecule has 0 radical (unpaired) electrons. The molecule has 2 aromatic rings. The molecule has 0 aromatic carbocycles. The van der Waals surface area contributed by atoms with Crippen molar-refractivity contribution in [2.45, 2.75) is 33.7 Å². The zero-order chi connectivity index (χ0) is 15.2. The maximum absolute atomic E-state index is 12.5. The Hall–Kier alpha value is -2.10. The van der Waals surface area contributed by atoms with Crippen LogP contribution in [0.2, 0.25) is 0 Å². The molecule has 0 N–H and O–H groups in total. The topological polar surface area (TPSA) is 38.1 Å². The Morgan fingerprint density at radius 3 is 2.33 bits per heavy atom. The summed E-state index contributed by atoms with van der Waals surface area (Å²) in [6.45, 7) is 8.01. The second-order valence-electron chi connectivity index (χ2n) is 5.28. The van der Waals surface area contributed by atoms with Crippen LogP contribution in [0.3, 0.4) is 0 Å². The number of carbonyl (C=O) groups excluding carboxylic acids is 1. The van der Waals surface area contributed by atoms with Crippen molar-refractivity contribution in [2.24, 2.45) is 0 Å². The van der Waals surface area contributed by atoms with Gasteiger partial charge in [-0.3, -0.25) is 9.78 Å². The zero-order valence-corrected chi connectivity index (χ0v) is 13.0. The molecule has 2 rings (SSSR count). The van der Waals surface area contributed by atoms with Crippen LogP contribution in [0, 0.1) is 13.8 Å². The van der Waals surface area contributed by atoms with Crippen LogP contribution in [0.4, 0.5) is 0 Å². The fourth-order valence-corrected chi connectivity index (χ4v) is 2.46. The predicted octanol–water partition coefficient (Wildman–Crippen LogP) is 2.59. The van der Waals surface area contributed by atoms with E-state index in [-0.39, 0.29) is 5.91 Å². The van der Waals surface area contributed by atoms with E-state index in [1.54, 1.807) is 12.4 Å². The second-order valence-corrected chi connectivity index (χ2v) is 5.28. The largest absolute Gasteiger partial charge is 0.341 e. The van der Waals surface area contributed by atoms with Crippen LogP contribution >= 0.6 is 0 Å². The molecule has 4 heteroatoms. The quantitative estimate of drug-likeness (QED) is 0.818. The molecule has 21 heavy (non-hydrogen) atoms. The van der Waals surface area contributed by atoms with E-state index in [0.717, 1.165) is 30.9 Å². The minimum absolute atomic E-state index is 0.175. The normalized spacial score (nSPS) is 10.6. The van der Waals surface area contributed by atoms with Gasteiger partial charge in [0.05, 0.1) is 0 Å². The smallest absolute Gasteiger partial charge is 0.242 e. The van der Waals surface area contributed by atoms with Crippen LogP contribution in [-0.2, 0) is 17.8 Å². The molecule has 0 aliphatic heterocycles. The molecule has 1 amide bonds. The summed E-state index contributed by atoms with van der Waals surface area (Å²) in [6, 6.07) is 8.10. The van der Waals surface area contributed by atoms with Gasteiger partial charge in [-0.2, -0.15) is 0 Å². The number of aromatic nitrogens is 2. The molecule has 0 spiro atoms. The first-order valence-corrected chi connectivity index (χ1v) is 7.41. The lowest BCUT2D eigenvalue weighted by molar-refractivity contribution is -0.131. The van der Waals surface area contributed by atoms with E-state index >= 15 is 0 Å². The highest BCUT2D eigenvalue weighted by Crippen LogP contribution is 2.08. The van der Waals surface area contributed by atoms with E-state index in [1.807, 2.05) is 37.8 Å². The van der Waals surface area contributed by atoms with Gasteiger partial charge in [-0.15, -0.1) is 0 Å². The highest BCUT2D eigenvalue weighted by molar-refractivity contribution is 5.76. The molecule has 0 unspecified atom stereocenters. The molecule has 0 fully saturated rings. The summed E-state index contributed by atoms with van der Waals surface area (Å²) < 4.78 is 2.07. The highest BCUT2D eigenvalue weighted by atomic mass is 16.2. The Kier molecular flexibility index (Phi) is 5.14. The van der Waals surface area contributed by atoms with E-state index in [1.165, 1.54) is 5.56 Å². The van der Waals surface area contributed by atoms with Crippen LogP contribution in [0.5, 0.6) is 0 Å². The fourth-order valence-electron chi connectivity index (χ4n) is 2.46. The number of rotatable bonds is 6. The zero-order valence-electron chi connectivity index (χ0n) is 13.0. The molecule has 2 heterocycles. The Labute approximate surface area is 126 Å². The number of hydrogen-bond acceptors (Lipinski definition) is 2. The van der Waals surface area contributed by atoms with Crippen LogP contribution in [0.15, 0.2) is 36.7 Å². The molecule has 0 saturated carbocycles. The first-order chi connectivity index (χ1) is 10.1. The Balaban J connectivity index is 1.96. The molecule has 4 nitrogen and oxygen atoms in total. The minimum atomic E-state index is 0.175. The van der Waals surface area contributed by atoms with Gasteiger partial charge < -0.3 is 9.47 Å². The van der Waals surface area contributed by atoms with E-state index in [2.05, 4.69) is 21.7 Å². The van der Waals surface area contributed by atoms with E-state index in [9.17, 15) is 4.79 Å². The van der Waals surface area contributed by atoms with Crippen molar-refractivity contribution in [3.05, 3.63) is 53.6 Å². The third-order valence-corrected chi connectivity index (χ3v) is 3.86. The molecule has 0 aliphatic carbocycles. The summed E-state index contributed by atoms with van der Waals surface area (Å²) in [7, 11) is 0. The number of carbonyl (C=O) groups is 1. The van der Waals surface area contributed by atoms with E-state index in [0.29, 0.717) is 6.54 Å². The maximum Gasteiger partial charge on any atom is 0.242 e. The van der Waals surface area contributed by atoms with Crippen molar-refractivity contribution in [3.8, 4) is 0 Å². The fraction of sp³-hybridized carbons (Fsp3) is 0.412.